The molecule has 1 spiro atoms. The predicted octanol–water partition coefficient (Wildman–Crippen LogP) is 2.17. The zero-order valence-corrected chi connectivity index (χ0v) is 15.2. The van der Waals surface area contributed by atoms with Gasteiger partial charge in [-0.15, -0.1) is 0 Å². The van der Waals surface area contributed by atoms with Gasteiger partial charge in [-0.2, -0.15) is 0 Å². The molecule has 0 saturated carbocycles. The third-order valence-electron chi connectivity index (χ3n) is 5.03. The summed E-state index contributed by atoms with van der Waals surface area (Å²) in [4.78, 5) is 28.4. The quantitative estimate of drug-likeness (QED) is 0.634. The molecule has 25 heavy (non-hydrogen) atoms. The molecule has 0 aliphatic carbocycles. The van der Waals surface area contributed by atoms with Crippen molar-refractivity contribution in [2.45, 2.75) is 45.2 Å². The van der Waals surface area contributed by atoms with E-state index in [1.165, 1.54) is 4.90 Å². The second-order valence-corrected chi connectivity index (χ2v) is 7.27. The number of amides is 3. The van der Waals surface area contributed by atoms with Crippen molar-refractivity contribution < 1.29 is 14.3 Å². The molecule has 1 N–H and O–H groups in total. The number of hydrogen-bond acceptors (Lipinski definition) is 4. The summed E-state index contributed by atoms with van der Waals surface area (Å²) in [6.45, 7) is 8.69. The lowest BCUT2D eigenvalue weighted by Crippen LogP contribution is -2.49. The molecule has 2 aliphatic rings. The Morgan fingerprint density at radius 1 is 1.28 bits per heavy atom. The van der Waals surface area contributed by atoms with E-state index in [2.05, 4.69) is 10.2 Å². The van der Waals surface area contributed by atoms with Crippen LogP contribution in [0.25, 0.3) is 0 Å². The van der Waals surface area contributed by atoms with Gasteiger partial charge in [-0.05, 0) is 45.2 Å². The van der Waals surface area contributed by atoms with Gasteiger partial charge in [0.25, 0.3) is 5.91 Å². The van der Waals surface area contributed by atoms with Crippen LogP contribution in [-0.4, -0.2) is 59.6 Å². The van der Waals surface area contributed by atoms with Gasteiger partial charge in [0, 0.05) is 25.7 Å². The number of benzene rings is 1. The van der Waals surface area contributed by atoms with E-state index in [1.54, 1.807) is 0 Å². The molecular weight excluding hydrogens is 318 g/mol. The number of hydrogen-bond donors (Lipinski definition) is 1. The molecule has 0 unspecified atom stereocenters. The van der Waals surface area contributed by atoms with Crippen molar-refractivity contribution in [3.05, 3.63) is 29.8 Å². The van der Waals surface area contributed by atoms with E-state index in [0.29, 0.717) is 19.6 Å². The summed E-state index contributed by atoms with van der Waals surface area (Å²) >= 11 is 0. The Balaban J connectivity index is 1.48. The van der Waals surface area contributed by atoms with E-state index in [-0.39, 0.29) is 18.0 Å². The largest absolute Gasteiger partial charge is 0.493 e. The van der Waals surface area contributed by atoms with E-state index in [4.69, 9.17) is 4.74 Å². The fourth-order valence-electron chi connectivity index (χ4n) is 3.66. The molecule has 2 fully saturated rings. The number of ether oxygens (including phenoxy) is 1. The van der Waals surface area contributed by atoms with Crippen LogP contribution in [0, 0.1) is 6.92 Å². The summed E-state index contributed by atoms with van der Waals surface area (Å²) in [7, 11) is 0. The molecule has 6 nitrogen and oxygen atoms in total. The van der Waals surface area contributed by atoms with Crippen molar-refractivity contribution in [1.29, 1.82) is 0 Å². The molecule has 6 heteroatoms. The highest BCUT2D eigenvalue weighted by Crippen LogP contribution is 2.29. The number of para-hydroxylation sites is 1. The molecule has 0 radical (unpaired) electrons. The summed E-state index contributed by atoms with van der Waals surface area (Å²) < 4.78 is 5.83. The first-order chi connectivity index (χ1) is 11.9. The minimum Gasteiger partial charge on any atom is -0.493 e. The first-order valence-corrected chi connectivity index (χ1v) is 8.99. The average molecular weight is 345 g/mol. The maximum atomic E-state index is 12.7. The van der Waals surface area contributed by atoms with E-state index in [1.807, 2.05) is 45.0 Å². The molecule has 1 aromatic rings. The van der Waals surface area contributed by atoms with Gasteiger partial charge in [0.05, 0.1) is 6.61 Å². The number of urea groups is 1. The fraction of sp³-hybridized carbons (Fsp3) is 0.579. The van der Waals surface area contributed by atoms with Crippen molar-refractivity contribution in [2.24, 2.45) is 0 Å². The van der Waals surface area contributed by atoms with Gasteiger partial charge in [0.2, 0.25) is 0 Å². The smallest absolute Gasteiger partial charge is 0.325 e. The molecular formula is C19H27N3O3. The Hall–Kier alpha value is -2.08. The first kappa shape index (κ1) is 17.7. The highest BCUT2D eigenvalue weighted by atomic mass is 16.5. The number of carbonyl (C=O) groups excluding carboxylic acids is 2. The lowest BCUT2D eigenvalue weighted by molar-refractivity contribution is -0.132. The Bertz CT molecular complexity index is 661. The monoisotopic (exact) mass is 345 g/mol. The Labute approximate surface area is 149 Å². The molecule has 1 atom stereocenters. The van der Waals surface area contributed by atoms with Crippen LogP contribution in [0.5, 0.6) is 5.75 Å². The van der Waals surface area contributed by atoms with Gasteiger partial charge in [-0.25, -0.2) is 4.79 Å². The van der Waals surface area contributed by atoms with Crippen LogP contribution in [-0.2, 0) is 4.79 Å². The number of carbonyl (C=O) groups is 2. The van der Waals surface area contributed by atoms with Crippen molar-refractivity contribution in [1.82, 2.24) is 15.1 Å². The highest BCUT2D eigenvalue weighted by molar-refractivity contribution is 6.07. The molecule has 1 aromatic carbocycles. The van der Waals surface area contributed by atoms with Gasteiger partial charge in [0.1, 0.15) is 11.3 Å². The second kappa shape index (κ2) is 7.04. The minimum absolute atomic E-state index is 0.0776. The van der Waals surface area contributed by atoms with Crippen LogP contribution in [0.1, 0.15) is 32.3 Å². The summed E-state index contributed by atoms with van der Waals surface area (Å²) in [6.07, 6.45) is 1.57. The maximum Gasteiger partial charge on any atom is 0.325 e. The molecule has 2 aliphatic heterocycles. The maximum absolute atomic E-state index is 12.7. The standard InChI is InChI=1S/C19H27N3O3/c1-14(2)22-17(23)19(20-18(22)24)9-11-21(13-19)10-6-12-25-16-8-5-4-7-15(16)3/h4-5,7-8,14H,6,9-13H2,1-3H3,(H,20,24)/t19-/m1/s1. The number of nitrogens with zero attached hydrogens (tertiary/aromatic N) is 2. The SMILES string of the molecule is Cc1ccccc1OCCCN1CC[C@]2(C1)NC(=O)N(C(C)C)C2=O. The van der Waals surface area contributed by atoms with Crippen LogP contribution < -0.4 is 10.1 Å². The Morgan fingerprint density at radius 2 is 2.04 bits per heavy atom. The lowest BCUT2D eigenvalue weighted by atomic mass is 9.98. The topological polar surface area (TPSA) is 61.9 Å². The van der Waals surface area contributed by atoms with Crippen LogP contribution >= 0.6 is 0 Å². The van der Waals surface area contributed by atoms with Gasteiger partial charge in [0.15, 0.2) is 0 Å². The zero-order chi connectivity index (χ0) is 18.0. The first-order valence-electron chi connectivity index (χ1n) is 8.99. The molecule has 0 bridgehead atoms. The number of imide groups is 1. The van der Waals surface area contributed by atoms with Crippen molar-refractivity contribution in [2.75, 3.05) is 26.2 Å². The summed E-state index contributed by atoms with van der Waals surface area (Å²) in [5.41, 5.74) is 0.411. The van der Waals surface area contributed by atoms with E-state index in [9.17, 15) is 9.59 Å². The number of rotatable bonds is 6. The normalized spacial score (nSPS) is 23.8. The number of likely N-dealkylation sites (tertiary alicyclic amines) is 1. The van der Waals surface area contributed by atoms with Gasteiger partial charge in [-0.1, -0.05) is 18.2 Å². The van der Waals surface area contributed by atoms with Crippen molar-refractivity contribution in [3.63, 3.8) is 0 Å². The molecule has 136 valence electrons. The summed E-state index contributed by atoms with van der Waals surface area (Å²) in [6, 6.07) is 7.62. The molecule has 3 rings (SSSR count). The Kier molecular flexibility index (Phi) is 4.99. The molecule has 2 saturated heterocycles. The predicted molar refractivity (Wildman–Crippen MR) is 95.6 cm³/mol. The second-order valence-electron chi connectivity index (χ2n) is 7.27. The van der Waals surface area contributed by atoms with Gasteiger partial charge >= 0.3 is 6.03 Å². The third-order valence-corrected chi connectivity index (χ3v) is 5.03. The average Bonchev–Trinajstić information content (AvgIpc) is 3.07. The van der Waals surface area contributed by atoms with E-state index in [0.717, 1.165) is 30.8 Å². The van der Waals surface area contributed by atoms with Crippen LogP contribution in [0.15, 0.2) is 24.3 Å². The van der Waals surface area contributed by atoms with Crippen LogP contribution in [0.2, 0.25) is 0 Å². The van der Waals surface area contributed by atoms with Crippen LogP contribution in [0.3, 0.4) is 0 Å². The molecule has 3 amide bonds. The summed E-state index contributed by atoms with van der Waals surface area (Å²) in [5.74, 6) is 0.845. The lowest BCUT2D eigenvalue weighted by Gasteiger charge is -2.23. The Morgan fingerprint density at radius 3 is 2.72 bits per heavy atom. The van der Waals surface area contributed by atoms with Crippen LogP contribution in [0.4, 0.5) is 4.79 Å². The fourth-order valence-corrected chi connectivity index (χ4v) is 3.66. The van der Waals surface area contributed by atoms with Crippen molar-refractivity contribution in [3.8, 4) is 5.75 Å². The van der Waals surface area contributed by atoms with Gasteiger partial charge in [-0.3, -0.25) is 9.69 Å². The van der Waals surface area contributed by atoms with E-state index >= 15 is 0 Å². The highest BCUT2D eigenvalue weighted by Gasteiger charge is 2.54. The molecule has 0 aromatic heterocycles. The third kappa shape index (κ3) is 3.49. The number of aryl methyl sites for hydroxylation is 1. The minimum atomic E-state index is -0.724. The van der Waals surface area contributed by atoms with Gasteiger partial charge < -0.3 is 15.0 Å². The summed E-state index contributed by atoms with van der Waals surface area (Å²) in [5, 5.41) is 2.93. The van der Waals surface area contributed by atoms with E-state index < -0.39 is 5.54 Å². The zero-order valence-electron chi connectivity index (χ0n) is 15.2. The number of nitrogens with one attached hydrogen (secondary N) is 1. The molecule has 2 heterocycles. The van der Waals surface area contributed by atoms with Crippen molar-refractivity contribution >= 4 is 11.9 Å².